The molecule has 0 aliphatic carbocycles. The highest BCUT2D eigenvalue weighted by Gasteiger charge is 2.21. The summed E-state index contributed by atoms with van der Waals surface area (Å²) >= 11 is 0. The van der Waals surface area contributed by atoms with Gasteiger partial charge in [0.25, 0.3) is 5.91 Å². The molecule has 0 saturated carbocycles. The summed E-state index contributed by atoms with van der Waals surface area (Å²) in [4.78, 5) is 20.0. The van der Waals surface area contributed by atoms with Crippen molar-refractivity contribution in [2.75, 3.05) is 37.3 Å². The Morgan fingerprint density at radius 2 is 2.00 bits per heavy atom. The number of aromatic nitrogens is 6. The Kier molecular flexibility index (Phi) is 5.29. The number of nitrogens with one attached hydrogen (secondary N) is 2. The molecule has 0 spiro atoms. The molecule has 2 aliphatic rings. The van der Waals surface area contributed by atoms with Crippen molar-refractivity contribution in [2.24, 2.45) is 7.05 Å². The first-order valence-corrected chi connectivity index (χ1v) is 11.8. The minimum atomic E-state index is -0.209. The molecular weight excluding hydrogens is 442 g/mol. The first kappa shape index (κ1) is 21.5. The summed E-state index contributed by atoms with van der Waals surface area (Å²) in [6.07, 6.45) is 9.48. The van der Waals surface area contributed by atoms with Crippen molar-refractivity contribution < 1.29 is 4.79 Å². The molecule has 0 radical (unpaired) electrons. The summed E-state index contributed by atoms with van der Waals surface area (Å²) in [5.41, 5.74) is 5.93. The second-order valence-electron chi connectivity index (χ2n) is 9.23. The summed E-state index contributed by atoms with van der Waals surface area (Å²) in [7, 11) is 4.02. The number of fused-ring (bicyclic) bond motifs is 2. The van der Waals surface area contributed by atoms with Crippen LogP contribution in [0.5, 0.6) is 0 Å². The first-order valence-electron chi connectivity index (χ1n) is 11.8. The summed E-state index contributed by atoms with van der Waals surface area (Å²) in [6, 6.07) is 8.32. The number of carbonyl (C=O) groups excluding carboxylic acids is 1. The fourth-order valence-electron chi connectivity index (χ4n) is 4.83. The van der Waals surface area contributed by atoms with Gasteiger partial charge < -0.3 is 15.5 Å². The summed E-state index contributed by atoms with van der Waals surface area (Å²) in [6.45, 7) is 2.78. The first-order chi connectivity index (χ1) is 17.0. The molecule has 4 aromatic rings. The highest BCUT2D eigenvalue weighted by atomic mass is 16.1. The van der Waals surface area contributed by atoms with Crippen LogP contribution >= 0.6 is 0 Å². The highest BCUT2D eigenvalue weighted by Crippen LogP contribution is 2.33. The lowest BCUT2D eigenvalue weighted by molar-refractivity contribution is 0.102. The van der Waals surface area contributed by atoms with E-state index in [4.69, 9.17) is 0 Å². The number of hydrogen-bond donors (Lipinski definition) is 2. The predicted octanol–water partition coefficient (Wildman–Crippen LogP) is 2.94. The quantitative estimate of drug-likeness (QED) is 0.473. The molecule has 0 unspecified atom stereocenters. The number of carbonyl (C=O) groups is 1. The van der Waals surface area contributed by atoms with Gasteiger partial charge in [-0.3, -0.25) is 9.48 Å². The molecule has 0 bridgehead atoms. The average molecular weight is 470 g/mol. The van der Waals surface area contributed by atoms with Crippen LogP contribution in [-0.2, 0) is 7.05 Å². The maximum atomic E-state index is 13.1. The Labute approximate surface area is 202 Å². The van der Waals surface area contributed by atoms with Crippen LogP contribution in [0.25, 0.3) is 16.6 Å². The van der Waals surface area contributed by atoms with Crippen molar-refractivity contribution >= 4 is 34.0 Å². The van der Waals surface area contributed by atoms with Crippen LogP contribution < -0.4 is 10.6 Å². The Hall–Kier alpha value is -4.05. The summed E-state index contributed by atoms with van der Waals surface area (Å²) in [5, 5.41) is 19.0. The molecule has 2 aliphatic heterocycles. The van der Waals surface area contributed by atoms with Crippen LogP contribution in [0.1, 0.15) is 40.4 Å². The maximum Gasteiger partial charge on any atom is 0.257 e. The van der Waals surface area contributed by atoms with Gasteiger partial charge in [-0.15, -0.1) is 5.10 Å². The van der Waals surface area contributed by atoms with E-state index in [-0.39, 0.29) is 5.91 Å². The van der Waals surface area contributed by atoms with Gasteiger partial charge in [-0.1, -0.05) is 17.4 Å². The zero-order valence-electron chi connectivity index (χ0n) is 19.8. The van der Waals surface area contributed by atoms with E-state index in [2.05, 4.69) is 55.1 Å². The normalized spacial score (nSPS) is 16.6. The highest BCUT2D eigenvalue weighted by molar-refractivity contribution is 6.05. The molecule has 1 fully saturated rings. The van der Waals surface area contributed by atoms with Gasteiger partial charge in [0.15, 0.2) is 0 Å². The monoisotopic (exact) mass is 469 g/mol. The molecule has 6 rings (SSSR count). The summed E-state index contributed by atoms with van der Waals surface area (Å²) in [5.74, 6) is 0.553. The Balaban J connectivity index is 1.24. The minimum Gasteiger partial charge on any atom is -0.366 e. The van der Waals surface area contributed by atoms with E-state index in [0.29, 0.717) is 23.8 Å². The second kappa shape index (κ2) is 8.62. The van der Waals surface area contributed by atoms with Crippen molar-refractivity contribution in [3.05, 3.63) is 65.6 Å². The molecule has 35 heavy (non-hydrogen) atoms. The largest absolute Gasteiger partial charge is 0.366 e. The molecule has 10 nitrogen and oxygen atoms in total. The number of amides is 1. The lowest BCUT2D eigenvalue weighted by Crippen LogP contribution is -2.31. The third-order valence-electron chi connectivity index (χ3n) is 6.86. The zero-order chi connectivity index (χ0) is 23.9. The van der Waals surface area contributed by atoms with Gasteiger partial charge in [-0.2, -0.15) is 5.10 Å². The van der Waals surface area contributed by atoms with Crippen molar-refractivity contribution in [2.45, 2.75) is 18.9 Å². The predicted molar refractivity (Wildman–Crippen MR) is 134 cm³/mol. The van der Waals surface area contributed by atoms with Gasteiger partial charge in [-0.25, -0.2) is 9.67 Å². The molecule has 1 aromatic carbocycles. The lowest BCUT2D eigenvalue weighted by Gasteiger charge is -2.28. The standard InChI is InChI=1S/C25H27N9O/c1-32-9-6-19(7-10-32)34-15-18(14-28-34)29-25(35)17-11-21-20(5-8-26-24(21)27-13-17)16-3-4-22-23(12-16)33(2)31-30-22/h3-5,11-15,19H,6-10H2,1-2H3,(H,26,27)(H,29,35). The Morgan fingerprint density at radius 1 is 1.14 bits per heavy atom. The van der Waals surface area contributed by atoms with Crippen LogP contribution in [0.3, 0.4) is 0 Å². The second-order valence-corrected chi connectivity index (χ2v) is 9.23. The molecule has 3 aromatic heterocycles. The number of aryl methyl sites for hydroxylation is 1. The fraction of sp³-hybridized carbons (Fsp3) is 0.320. The molecule has 178 valence electrons. The zero-order valence-corrected chi connectivity index (χ0v) is 19.8. The number of likely N-dealkylation sites (tertiary alicyclic amines) is 1. The van der Waals surface area contributed by atoms with E-state index in [1.807, 2.05) is 36.1 Å². The molecule has 0 atom stereocenters. The van der Waals surface area contributed by atoms with Gasteiger partial charge in [0.1, 0.15) is 11.3 Å². The molecule has 5 heterocycles. The van der Waals surface area contributed by atoms with Gasteiger partial charge in [-0.05, 0) is 62.3 Å². The van der Waals surface area contributed by atoms with Gasteiger partial charge in [0.05, 0.1) is 29.0 Å². The van der Waals surface area contributed by atoms with E-state index >= 15 is 0 Å². The van der Waals surface area contributed by atoms with E-state index in [9.17, 15) is 4.79 Å². The lowest BCUT2D eigenvalue weighted by atomic mass is 9.94. The number of benzene rings is 1. The van der Waals surface area contributed by atoms with Gasteiger partial charge in [0, 0.05) is 31.5 Å². The van der Waals surface area contributed by atoms with E-state index in [0.717, 1.165) is 59.5 Å². The third kappa shape index (κ3) is 4.06. The fourth-order valence-corrected chi connectivity index (χ4v) is 4.83. The number of rotatable bonds is 4. The number of hydrogen-bond acceptors (Lipinski definition) is 7. The van der Waals surface area contributed by atoms with Crippen LogP contribution in [0.4, 0.5) is 11.5 Å². The SMILES string of the molecule is CN1CCC(n2cc(NC(=O)c3cnc4c(c3)C(c3ccc5nnn(C)c5c3)=CCN4)cn2)CC1. The van der Waals surface area contributed by atoms with E-state index < -0.39 is 0 Å². The van der Waals surface area contributed by atoms with Crippen molar-refractivity contribution in [1.29, 1.82) is 0 Å². The molecule has 1 saturated heterocycles. The molecule has 10 heteroatoms. The van der Waals surface area contributed by atoms with Crippen LogP contribution in [-0.4, -0.2) is 67.2 Å². The summed E-state index contributed by atoms with van der Waals surface area (Å²) < 4.78 is 3.73. The molecule has 1 amide bonds. The van der Waals surface area contributed by atoms with Gasteiger partial charge >= 0.3 is 0 Å². The number of pyridine rings is 1. The Morgan fingerprint density at radius 3 is 2.86 bits per heavy atom. The average Bonchev–Trinajstić information content (AvgIpc) is 3.50. The smallest absolute Gasteiger partial charge is 0.257 e. The minimum absolute atomic E-state index is 0.209. The van der Waals surface area contributed by atoms with Crippen LogP contribution in [0.2, 0.25) is 0 Å². The van der Waals surface area contributed by atoms with E-state index in [1.54, 1.807) is 17.1 Å². The van der Waals surface area contributed by atoms with Crippen molar-refractivity contribution in [3.8, 4) is 0 Å². The molecule has 2 N–H and O–H groups in total. The van der Waals surface area contributed by atoms with Gasteiger partial charge in [0.2, 0.25) is 0 Å². The maximum absolute atomic E-state index is 13.1. The number of piperidine rings is 1. The number of anilines is 2. The molecular formula is C25H27N9O. The van der Waals surface area contributed by atoms with Crippen molar-refractivity contribution in [1.82, 2.24) is 34.7 Å². The van der Waals surface area contributed by atoms with Crippen LogP contribution in [0.15, 0.2) is 48.9 Å². The Bertz CT molecular complexity index is 1440. The van der Waals surface area contributed by atoms with E-state index in [1.165, 1.54) is 0 Å². The third-order valence-corrected chi connectivity index (χ3v) is 6.86. The number of nitrogens with zero attached hydrogens (tertiary/aromatic N) is 7. The van der Waals surface area contributed by atoms with Crippen LogP contribution in [0, 0.1) is 0 Å². The topological polar surface area (TPSA) is 106 Å². The van der Waals surface area contributed by atoms with Crippen molar-refractivity contribution in [3.63, 3.8) is 0 Å².